The predicted molar refractivity (Wildman–Crippen MR) is 80.7 cm³/mol. The Morgan fingerprint density at radius 1 is 1.45 bits per heavy atom. The Morgan fingerprint density at radius 2 is 2.15 bits per heavy atom. The summed E-state index contributed by atoms with van der Waals surface area (Å²) in [5.74, 6) is 6.02. The van der Waals surface area contributed by atoms with Gasteiger partial charge in [-0.25, -0.2) is 0 Å². The Labute approximate surface area is 127 Å². The van der Waals surface area contributed by atoms with Crippen LogP contribution in [0.4, 0.5) is 0 Å². The molecule has 3 N–H and O–H groups in total. The van der Waals surface area contributed by atoms with E-state index in [4.69, 9.17) is 17.4 Å². The Balaban J connectivity index is 2.31. The van der Waals surface area contributed by atoms with Crippen molar-refractivity contribution in [1.82, 2.24) is 24.8 Å². The van der Waals surface area contributed by atoms with E-state index in [0.29, 0.717) is 17.4 Å². The number of nitrogens with two attached hydrogens (primary N) is 1. The van der Waals surface area contributed by atoms with Crippen LogP contribution < -0.4 is 11.3 Å². The highest BCUT2D eigenvalue weighted by Crippen LogP contribution is 2.30. The number of hydrazine groups is 1. The Bertz CT molecular complexity index is 591. The molecule has 0 saturated heterocycles. The lowest BCUT2D eigenvalue weighted by Crippen LogP contribution is -2.30. The van der Waals surface area contributed by atoms with Crippen molar-refractivity contribution in [1.29, 1.82) is 0 Å². The first-order chi connectivity index (χ1) is 9.45. The van der Waals surface area contributed by atoms with E-state index in [1.165, 1.54) is 11.5 Å². The highest BCUT2D eigenvalue weighted by molar-refractivity contribution is 7.05. The molecule has 20 heavy (non-hydrogen) atoms. The zero-order valence-electron chi connectivity index (χ0n) is 12.0. The van der Waals surface area contributed by atoms with Gasteiger partial charge in [0.1, 0.15) is 0 Å². The third-order valence-electron chi connectivity index (χ3n) is 3.26. The number of nitrogens with zero attached hydrogens (tertiary/aromatic N) is 4. The number of halogens is 1. The molecule has 0 aliphatic heterocycles. The van der Waals surface area contributed by atoms with Gasteiger partial charge in [-0.2, -0.15) is 5.10 Å². The summed E-state index contributed by atoms with van der Waals surface area (Å²) in [6.07, 6.45) is 0.649. The van der Waals surface area contributed by atoms with Gasteiger partial charge in [0.25, 0.3) is 0 Å². The highest BCUT2D eigenvalue weighted by Gasteiger charge is 2.23. The lowest BCUT2D eigenvalue weighted by Gasteiger charge is -2.16. The van der Waals surface area contributed by atoms with Crippen molar-refractivity contribution < 1.29 is 0 Å². The Kier molecular flexibility index (Phi) is 4.74. The summed E-state index contributed by atoms with van der Waals surface area (Å²) in [6, 6.07) is -0.0697. The number of nitrogens with one attached hydrogen (secondary N) is 1. The van der Waals surface area contributed by atoms with Gasteiger partial charge in [-0.1, -0.05) is 29.9 Å². The molecule has 8 heteroatoms. The van der Waals surface area contributed by atoms with Gasteiger partial charge in [0, 0.05) is 13.5 Å². The molecule has 6 nitrogen and oxygen atoms in total. The van der Waals surface area contributed by atoms with E-state index in [9.17, 15) is 0 Å². The quantitative estimate of drug-likeness (QED) is 0.652. The van der Waals surface area contributed by atoms with E-state index in [1.807, 2.05) is 14.0 Å². The molecule has 0 radical (unpaired) electrons. The number of hydrogen-bond acceptors (Lipinski definition) is 6. The van der Waals surface area contributed by atoms with Gasteiger partial charge >= 0.3 is 0 Å². The van der Waals surface area contributed by atoms with Gasteiger partial charge in [0.05, 0.1) is 33.0 Å². The second kappa shape index (κ2) is 6.17. The standard InChI is InChI=1S/C12H19ClN6S/c1-6(2)11-12(20-18-16-11)8(15-14)5-9-10(13)7(3)17-19(9)4/h6,8,15H,5,14H2,1-4H3. The molecule has 1 unspecified atom stereocenters. The van der Waals surface area contributed by atoms with Crippen LogP contribution in [0.15, 0.2) is 0 Å². The van der Waals surface area contributed by atoms with Crippen LogP contribution in [0.2, 0.25) is 5.02 Å². The lowest BCUT2D eigenvalue weighted by molar-refractivity contribution is 0.530. The molecule has 0 fully saturated rings. The van der Waals surface area contributed by atoms with Gasteiger partial charge in [0.15, 0.2) is 0 Å². The molecule has 0 amide bonds. The van der Waals surface area contributed by atoms with Crippen LogP contribution in [-0.2, 0) is 13.5 Å². The summed E-state index contributed by atoms with van der Waals surface area (Å²) in [5.41, 5.74) is 5.60. The zero-order valence-corrected chi connectivity index (χ0v) is 13.6. The molecule has 0 saturated carbocycles. The Morgan fingerprint density at radius 3 is 2.65 bits per heavy atom. The zero-order chi connectivity index (χ0) is 14.9. The highest BCUT2D eigenvalue weighted by atomic mass is 35.5. The summed E-state index contributed by atoms with van der Waals surface area (Å²) in [4.78, 5) is 1.05. The minimum absolute atomic E-state index is 0.0697. The molecule has 110 valence electrons. The molecule has 2 aromatic rings. The fourth-order valence-corrected chi connectivity index (χ4v) is 3.27. The van der Waals surface area contributed by atoms with Gasteiger partial charge in [-0.15, -0.1) is 5.10 Å². The third kappa shape index (κ3) is 2.85. The number of hydrogen-bond donors (Lipinski definition) is 2. The van der Waals surface area contributed by atoms with Crippen LogP contribution in [0.3, 0.4) is 0 Å². The van der Waals surface area contributed by atoms with Crippen molar-refractivity contribution in [3.8, 4) is 0 Å². The topological polar surface area (TPSA) is 81.7 Å². The minimum atomic E-state index is -0.0697. The first-order valence-corrected chi connectivity index (χ1v) is 7.57. The van der Waals surface area contributed by atoms with Crippen molar-refractivity contribution in [2.75, 3.05) is 0 Å². The van der Waals surface area contributed by atoms with Crippen LogP contribution in [0.5, 0.6) is 0 Å². The van der Waals surface area contributed by atoms with Crippen molar-refractivity contribution in [2.45, 2.75) is 39.2 Å². The lowest BCUT2D eigenvalue weighted by atomic mass is 10.0. The average molecular weight is 315 g/mol. The maximum atomic E-state index is 6.30. The summed E-state index contributed by atoms with van der Waals surface area (Å²) < 4.78 is 5.84. The van der Waals surface area contributed by atoms with Gasteiger partial charge < -0.3 is 0 Å². The molecule has 2 aromatic heterocycles. The molecule has 2 heterocycles. The van der Waals surface area contributed by atoms with Crippen LogP contribution in [0.1, 0.15) is 47.8 Å². The van der Waals surface area contributed by atoms with E-state index < -0.39 is 0 Å². The van der Waals surface area contributed by atoms with E-state index in [0.717, 1.165) is 22.0 Å². The number of aryl methyl sites for hydroxylation is 2. The van der Waals surface area contributed by atoms with Crippen LogP contribution in [0, 0.1) is 6.92 Å². The van der Waals surface area contributed by atoms with Crippen molar-refractivity contribution in [3.63, 3.8) is 0 Å². The molecular formula is C12H19ClN6S. The molecule has 2 rings (SSSR count). The van der Waals surface area contributed by atoms with Crippen LogP contribution in [0.25, 0.3) is 0 Å². The molecule has 0 bridgehead atoms. The Hall–Kier alpha value is -1.02. The largest absolute Gasteiger partial charge is 0.271 e. The average Bonchev–Trinajstić information content (AvgIpc) is 2.95. The van der Waals surface area contributed by atoms with Crippen LogP contribution >= 0.6 is 23.1 Å². The summed E-state index contributed by atoms with van der Waals surface area (Å²) in [6.45, 7) is 6.08. The monoisotopic (exact) mass is 314 g/mol. The maximum absolute atomic E-state index is 6.30. The first-order valence-electron chi connectivity index (χ1n) is 6.41. The smallest absolute Gasteiger partial charge is 0.0847 e. The third-order valence-corrected chi connectivity index (χ3v) is 4.61. The second-order valence-corrected chi connectivity index (χ2v) is 6.23. The van der Waals surface area contributed by atoms with Crippen molar-refractivity contribution in [2.24, 2.45) is 12.9 Å². The normalized spacial score (nSPS) is 13.2. The van der Waals surface area contributed by atoms with Crippen molar-refractivity contribution in [3.05, 3.63) is 27.0 Å². The summed E-state index contributed by atoms with van der Waals surface area (Å²) in [5, 5.41) is 9.21. The number of rotatable bonds is 5. The SMILES string of the molecule is Cc1nn(C)c(CC(NN)c2snnc2C(C)C)c1Cl. The fourth-order valence-electron chi connectivity index (χ4n) is 2.17. The summed E-state index contributed by atoms with van der Waals surface area (Å²) in [7, 11) is 1.88. The fraction of sp³-hybridized carbons (Fsp3) is 0.583. The minimum Gasteiger partial charge on any atom is -0.271 e. The van der Waals surface area contributed by atoms with E-state index in [1.54, 1.807) is 4.68 Å². The van der Waals surface area contributed by atoms with E-state index in [2.05, 4.69) is 34.0 Å². The molecule has 0 aliphatic rings. The molecule has 0 aliphatic carbocycles. The van der Waals surface area contributed by atoms with Gasteiger partial charge in [-0.05, 0) is 24.4 Å². The predicted octanol–water partition coefficient (Wildman–Crippen LogP) is 2.10. The van der Waals surface area contributed by atoms with Crippen LogP contribution in [-0.4, -0.2) is 19.4 Å². The maximum Gasteiger partial charge on any atom is 0.0847 e. The van der Waals surface area contributed by atoms with E-state index >= 15 is 0 Å². The van der Waals surface area contributed by atoms with E-state index in [-0.39, 0.29) is 6.04 Å². The first kappa shape index (κ1) is 15.4. The second-order valence-electron chi connectivity index (χ2n) is 5.07. The number of aromatic nitrogens is 4. The van der Waals surface area contributed by atoms with Crippen molar-refractivity contribution >= 4 is 23.1 Å². The van der Waals surface area contributed by atoms with Gasteiger partial charge in [0.2, 0.25) is 0 Å². The summed E-state index contributed by atoms with van der Waals surface area (Å²) >= 11 is 7.67. The molecular weight excluding hydrogens is 296 g/mol. The van der Waals surface area contributed by atoms with Gasteiger partial charge in [-0.3, -0.25) is 16.0 Å². The molecule has 1 atom stereocenters. The molecule has 0 spiro atoms. The molecule has 0 aromatic carbocycles.